The fraction of sp³-hybridized carbons (Fsp3) is 0.211. The largest absolute Gasteiger partial charge is 0.452 e. The molecular weight excluding hydrogens is 377 g/mol. The van der Waals surface area contributed by atoms with Crippen LogP contribution in [0.5, 0.6) is 0 Å². The van der Waals surface area contributed by atoms with E-state index in [1.807, 2.05) is 5.32 Å². The molecule has 1 saturated heterocycles. The Hall–Kier alpha value is -3.36. The Kier molecular flexibility index (Phi) is 5.62. The van der Waals surface area contributed by atoms with E-state index >= 15 is 0 Å². The second-order valence-corrected chi connectivity index (χ2v) is 6.04. The van der Waals surface area contributed by atoms with Crippen LogP contribution in [0.2, 0.25) is 0 Å². The second kappa shape index (κ2) is 8.12. The Balaban J connectivity index is 1.56. The molecule has 0 bridgehead atoms. The number of amides is 2. The monoisotopic (exact) mass is 392 g/mol. The maximum absolute atomic E-state index is 13.5. The SMILES string of the molecule is O=C(COC(=O)c1ccc(N2CCCC2=O)cc1)Nc1ccc(F)c(F)c1F. The standard InChI is InChI=1S/C19H15F3N2O4/c20-13-7-8-14(18(22)17(13)21)23-15(25)10-28-19(27)11-3-5-12(6-4-11)24-9-1-2-16(24)26/h3-8H,1-2,9-10H2,(H,23,25). The van der Waals surface area contributed by atoms with Crippen molar-refractivity contribution in [3.05, 3.63) is 59.4 Å². The number of halogens is 3. The molecule has 146 valence electrons. The van der Waals surface area contributed by atoms with E-state index in [4.69, 9.17) is 4.74 Å². The molecule has 9 heteroatoms. The number of nitrogens with one attached hydrogen (secondary N) is 1. The lowest BCUT2D eigenvalue weighted by atomic mass is 10.2. The van der Waals surface area contributed by atoms with Gasteiger partial charge >= 0.3 is 5.97 Å². The van der Waals surface area contributed by atoms with Crippen molar-refractivity contribution < 1.29 is 32.3 Å². The van der Waals surface area contributed by atoms with Gasteiger partial charge in [-0.15, -0.1) is 0 Å². The highest BCUT2D eigenvalue weighted by Crippen LogP contribution is 2.22. The number of esters is 1. The topological polar surface area (TPSA) is 75.7 Å². The van der Waals surface area contributed by atoms with Gasteiger partial charge in [0.05, 0.1) is 11.3 Å². The summed E-state index contributed by atoms with van der Waals surface area (Å²) in [6.45, 7) is -0.132. The van der Waals surface area contributed by atoms with Gasteiger partial charge in [0.25, 0.3) is 5.91 Å². The number of rotatable bonds is 5. The van der Waals surface area contributed by atoms with Gasteiger partial charge in [0, 0.05) is 18.7 Å². The van der Waals surface area contributed by atoms with Crippen molar-refractivity contribution in [2.75, 3.05) is 23.4 Å². The number of carbonyl (C=O) groups excluding carboxylic acids is 3. The number of carbonyl (C=O) groups is 3. The number of anilines is 2. The Morgan fingerprint density at radius 3 is 2.39 bits per heavy atom. The average molecular weight is 392 g/mol. The van der Waals surface area contributed by atoms with E-state index < -0.39 is 41.6 Å². The fourth-order valence-electron chi connectivity index (χ4n) is 2.72. The summed E-state index contributed by atoms with van der Waals surface area (Å²) in [5, 5.41) is 1.99. The van der Waals surface area contributed by atoms with Crippen LogP contribution in [0.15, 0.2) is 36.4 Å². The first kappa shape index (κ1) is 19.4. The zero-order chi connectivity index (χ0) is 20.3. The molecule has 1 aliphatic heterocycles. The summed E-state index contributed by atoms with van der Waals surface area (Å²) in [7, 11) is 0. The van der Waals surface area contributed by atoms with Crippen LogP contribution in [0.25, 0.3) is 0 Å². The molecule has 3 rings (SSSR count). The van der Waals surface area contributed by atoms with Crippen molar-refractivity contribution in [1.29, 1.82) is 0 Å². The summed E-state index contributed by atoms with van der Waals surface area (Å²) < 4.78 is 44.3. The third kappa shape index (κ3) is 4.13. The molecule has 1 fully saturated rings. The van der Waals surface area contributed by atoms with E-state index in [-0.39, 0.29) is 11.5 Å². The highest BCUT2D eigenvalue weighted by atomic mass is 19.2. The lowest BCUT2D eigenvalue weighted by Crippen LogP contribution is -2.24. The van der Waals surface area contributed by atoms with Gasteiger partial charge in [-0.25, -0.2) is 18.0 Å². The van der Waals surface area contributed by atoms with Crippen molar-refractivity contribution in [2.24, 2.45) is 0 Å². The third-order valence-corrected chi connectivity index (χ3v) is 4.13. The molecule has 0 unspecified atom stereocenters. The van der Waals surface area contributed by atoms with Crippen molar-refractivity contribution in [3.63, 3.8) is 0 Å². The van der Waals surface area contributed by atoms with Gasteiger partial charge in [-0.1, -0.05) is 0 Å². The second-order valence-electron chi connectivity index (χ2n) is 6.04. The molecule has 1 N–H and O–H groups in total. The molecule has 2 aromatic carbocycles. The number of hydrogen-bond acceptors (Lipinski definition) is 4. The summed E-state index contributed by atoms with van der Waals surface area (Å²) in [5.41, 5.74) is 0.243. The van der Waals surface area contributed by atoms with Crippen LogP contribution < -0.4 is 10.2 Å². The van der Waals surface area contributed by atoms with E-state index in [1.165, 1.54) is 12.1 Å². The third-order valence-electron chi connectivity index (χ3n) is 4.13. The highest BCUT2D eigenvalue weighted by molar-refractivity contribution is 5.97. The number of nitrogens with zero attached hydrogens (tertiary/aromatic N) is 1. The summed E-state index contributed by atoms with van der Waals surface area (Å²) in [6, 6.07) is 7.61. The first-order valence-electron chi connectivity index (χ1n) is 8.37. The Morgan fingerprint density at radius 2 is 1.75 bits per heavy atom. The predicted molar refractivity (Wildman–Crippen MR) is 93.3 cm³/mol. The summed E-state index contributed by atoms with van der Waals surface area (Å²) in [6.07, 6.45) is 1.26. The zero-order valence-corrected chi connectivity index (χ0v) is 14.5. The van der Waals surface area contributed by atoms with Crippen molar-refractivity contribution in [1.82, 2.24) is 0 Å². The van der Waals surface area contributed by atoms with E-state index in [9.17, 15) is 27.6 Å². The van der Waals surface area contributed by atoms with Crippen molar-refractivity contribution in [2.45, 2.75) is 12.8 Å². The first-order chi connectivity index (χ1) is 13.4. The molecule has 2 aromatic rings. The molecule has 1 heterocycles. The molecular formula is C19H15F3N2O4. The van der Waals surface area contributed by atoms with Gasteiger partial charge in [-0.2, -0.15) is 0 Å². The zero-order valence-electron chi connectivity index (χ0n) is 14.5. The van der Waals surface area contributed by atoms with Gasteiger partial charge in [-0.3, -0.25) is 9.59 Å². The molecule has 1 aliphatic rings. The van der Waals surface area contributed by atoms with Crippen LogP contribution in [-0.2, 0) is 14.3 Å². The van der Waals surface area contributed by atoms with Gasteiger partial charge in [0.15, 0.2) is 24.1 Å². The minimum absolute atomic E-state index is 0.0106. The first-order valence-corrected chi connectivity index (χ1v) is 8.37. The molecule has 0 saturated carbocycles. The number of ether oxygens (including phenoxy) is 1. The minimum atomic E-state index is -1.72. The summed E-state index contributed by atoms with van der Waals surface area (Å²) in [4.78, 5) is 37.1. The molecule has 0 aromatic heterocycles. The Bertz CT molecular complexity index is 932. The normalized spacial score (nSPS) is 13.5. The van der Waals surface area contributed by atoms with Crippen LogP contribution in [0, 0.1) is 17.5 Å². The number of hydrogen-bond donors (Lipinski definition) is 1. The lowest BCUT2D eigenvalue weighted by molar-refractivity contribution is -0.119. The lowest BCUT2D eigenvalue weighted by Gasteiger charge is -2.15. The summed E-state index contributed by atoms with van der Waals surface area (Å²) >= 11 is 0. The van der Waals surface area contributed by atoms with Crippen LogP contribution >= 0.6 is 0 Å². The molecule has 2 amide bonds. The number of benzene rings is 2. The van der Waals surface area contributed by atoms with E-state index in [2.05, 4.69) is 0 Å². The Morgan fingerprint density at radius 1 is 1.04 bits per heavy atom. The van der Waals surface area contributed by atoms with Crippen molar-refractivity contribution >= 4 is 29.2 Å². The van der Waals surface area contributed by atoms with Crippen LogP contribution in [-0.4, -0.2) is 30.9 Å². The molecule has 0 radical (unpaired) electrons. The highest BCUT2D eigenvalue weighted by Gasteiger charge is 2.22. The van der Waals surface area contributed by atoms with Gasteiger partial charge < -0.3 is 15.0 Å². The van der Waals surface area contributed by atoms with E-state index in [1.54, 1.807) is 17.0 Å². The van der Waals surface area contributed by atoms with Gasteiger partial charge in [0.2, 0.25) is 5.91 Å². The molecule has 0 atom stereocenters. The minimum Gasteiger partial charge on any atom is -0.452 e. The van der Waals surface area contributed by atoms with Crippen LogP contribution in [0.4, 0.5) is 24.5 Å². The van der Waals surface area contributed by atoms with Crippen LogP contribution in [0.1, 0.15) is 23.2 Å². The fourth-order valence-corrected chi connectivity index (χ4v) is 2.72. The maximum atomic E-state index is 13.5. The van der Waals surface area contributed by atoms with Gasteiger partial charge in [-0.05, 0) is 42.8 Å². The molecule has 6 nitrogen and oxygen atoms in total. The smallest absolute Gasteiger partial charge is 0.338 e. The molecule has 0 aliphatic carbocycles. The summed E-state index contributed by atoms with van der Waals surface area (Å²) in [5.74, 6) is -6.37. The molecule has 0 spiro atoms. The quantitative estimate of drug-likeness (QED) is 0.627. The Labute approximate surface area is 157 Å². The van der Waals surface area contributed by atoms with E-state index in [0.29, 0.717) is 24.7 Å². The van der Waals surface area contributed by atoms with Crippen LogP contribution in [0.3, 0.4) is 0 Å². The van der Waals surface area contributed by atoms with E-state index in [0.717, 1.165) is 12.5 Å². The molecule has 28 heavy (non-hydrogen) atoms. The average Bonchev–Trinajstić information content (AvgIpc) is 3.12. The van der Waals surface area contributed by atoms with Gasteiger partial charge in [0.1, 0.15) is 0 Å². The maximum Gasteiger partial charge on any atom is 0.338 e. The predicted octanol–water partition coefficient (Wildman–Crippen LogP) is 3.03. The van der Waals surface area contributed by atoms with Crippen molar-refractivity contribution in [3.8, 4) is 0 Å².